The molecule has 3 aromatic rings. The molecule has 0 spiro atoms. The van der Waals surface area contributed by atoms with Crippen LogP contribution in [0.4, 0.5) is 17.3 Å². The number of nitro groups is 1. The van der Waals surface area contributed by atoms with E-state index in [1.807, 2.05) is 31.2 Å². The highest BCUT2D eigenvalue weighted by atomic mass is 16.6. The van der Waals surface area contributed by atoms with Gasteiger partial charge in [-0.3, -0.25) is 25.0 Å². The van der Waals surface area contributed by atoms with Crippen LogP contribution in [-0.4, -0.2) is 31.5 Å². The highest BCUT2D eigenvalue weighted by Crippen LogP contribution is 2.29. The summed E-state index contributed by atoms with van der Waals surface area (Å²) in [5.41, 5.74) is 2.77. The van der Waals surface area contributed by atoms with Gasteiger partial charge in [-0.05, 0) is 19.4 Å². The number of hydrogen-bond donors (Lipinski definition) is 2. The third kappa shape index (κ3) is 3.62. The molecule has 2 aromatic carbocycles. The highest BCUT2D eigenvalue weighted by Gasteiger charge is 2.35. The molecule has 0 aliphatic carbocycles. The minimum Gasteiger partial charge on any atom is -0.326 e. The molecule has 1 aliphatic rings. The standard InChI is InChI=1S/C20H18N6O4/c1-11-3-6-13(7-4-11)18-22-20-23-19(28)16(25(20)24-18)10-17(27)21-15-9-14(26(29)30)8-5-12(15)2/h3-9,16H,10H2,1-2H3,(H,21,27)(H,22,23,24,28). The lowest BCUT2D eigenvalue weighted by Crippen LogP contribution is -2.24. The summed E-state index contributed by atoms with van der Waals surface area (Å²) < 4.78 is 1.40. The molecule has 1 aromatic heterocycles. The van der Waals surface area contributed by atoms with E-state index in [0.717, 1.165) is 11.1 Å². The average Bonchev–Trinajstić information content (AvgIpc) is 3.22. The van der Waals surface area contributed by atoms with Crippen molar-refractivity contribution in [2.75, 3.05) is 10.6 Å². The van der Waals surface area contributed by atoms with Gasteiger partial charge in [0.1, 0.15) is 6.04 Å². The molecule has 0 fully saturated rings. The van der Waals surface area contributed by atoms with E-state index in [0.29, 0.717) is 17.1 Å². The molecule has 2 N–H and O–H groups in total. The molecule has 2 heterocycles. The van der Waals surface area contributed by atoms with Crippen LogP contribution in [0.15, 0.2) is 42.5 Å². The van der Waals surface area contributed by atoms with Crippen LogP contribution in [0.2, 0.25) is 0 Å². The third-order valence-corrected chi connectivity index (χ3v) is 4.86. The van der Waals surface area contributed by atoms with Crippen molar-refractivity contribution >= 4 is 29.1 Å². The van der Waals surface area contributed by atoms with E-state index in [-0.39, 0.29) is 24.0 Å². The second-order valence-electron chi connectivity index (χ2n) is 7.08. The maximum absolute atomic E-state index is 12.5. The fraction of sp³-hybridized carbons (Fsp3) is 0.200. The van der Waals surface area contributed by atoms with Crippen molar-refractivity contribution in [1.82, 2.24) is 14.8 Å². The summed E-state index contributed by atoms with van der Waals surface area (Å²) in [4.78, 5) is 39.6. The van der Waals surface area contributed by atoms with Gasteiger partial charge in [-0.25, -0.2) is 4.68 Å². The normalized spacial score (nSPS) is 14.9. The molecule has 0 radical (unpaired) electrons. The zero-order chi connectivity index (χ0) is 21.4. The van der Waals surface area contributed by atoms with Crippen LogP contribution in [0.5, 0.6) is 0 Å². The van der Waals surface area contributed by atoms with Crippen LogP contribution in [0, 0.1) is 24.0 Å². The van der Waals surface area contributed by atoms with Gasteiger partial charge in [-0.1, -0.05) is 35.9 Å². The van der Waals surface area contributed by atoms with Gasteiger partial charge >= 0.3 is 0 Å². The maximum atomic E-state index is 12.5. The van der Waals surface area contributed by atoms with Crippen molar-refractivity contribution in [3.8, 4) is 11.4 Å². The predicted octanol–water partition coefficient (Wildman–Crippen LogP) is 2.99. The fourth-order valence-electron chi connectivity index (χ4n) is 3.17. The number of nitrogens with one attached hydrogen (secondary N) is 2. The zero-order valence-corrected chi connectivity index (χ0v) is 16.2. The molecule has 4 rings (SSSR count). The second kappa shape index (κ2) is 7.39. The molecule has 0 saturated carbocycles. The molecule has 1 atom stereocenters. The number of non-ortho nitro benzene ring substituents is 1. The van der Waals surface area contributed by atoms with Crippen molar-refractivity contribution in [1.29, 1.82) is 0 Å². The van der Waals surface area contributed by atoms with Crippen molar-refractivity contribution in [3.05, 3.63) is 63.7 Å². The van der Waals surface area contributed by atoms with Gasteiger partial charge in [-0.2, -0.15) is 4.98 Å². The van der Waals surface area contributed by atoms with Gasteiger partial charge < -0.3 is 5.32 Å². The minimum absolute atomic E-state index is 0.129. The van der Waals surface area contributed by atoms with Crippen LogP contribution in [0.3, 0.4) is 0 Å². The van der Waals surface area contributed by atoms with E-state index in [4.69, 9.17) is 0 Å². The Bertz CT molecular complexity index is 1170. The van der Waals surface area contributed by atoms with E-state index in [2.05, 4.69) is 20.7 Å². The van der Waals surface area contributed by atoms with Crippen molar-refractivity contribution < 1.29 is 14.5 Å². The summed E-state index contributed by atoms with van der Waals surface area (Å²) in [6, 6.07) is 11.0. The molecule has 1 unspecified atom stereocenters. The Morgan fingerprint density at radius 1 is 1.23 bits per heavy atom. The van der Waals surface area contributed by atoms with Gasteiger partial charge in [0.05, 0.1) is 17.0 Å². The number of benzene rings is 2. The number of nitro benzene ring substituents is 1. The second-order valence-corrected chi connectivity index (χ2v) is 7.08. The van der Waals surface area contributed by atoms with E-state index >= 15 is 0 Å². The van der Waals surface area contributed by atoms with Gasteiger partial charge in [-0.15, -0.1) is 5.10 Å². The van der Waals surface area contributed by atoms with Gasteiger partial charge in [0.2, 0.25) is 11.9 Å². The topological polar surface area (TPSA) is 132 Å². The predicted molar refractivity (Wildman–Crippen MR) is 109 cm³/mol. The Kier molecular flexibility index (Phi) is 4.74. The van der Waals surface area contributed by atoms with Crippen LogP contribution in [0.1, 0.15) is 23.6 Å². The summed E-state index contributed by atoms with van der Waals surface area (Å²) in [5, 5.41) is 20.6. The summed E-state index contributed by atoms with van der Waals surface area (Å²) in [6.07, 6.45) is -0.183. The molecule has 1 aliphatic heterocycles. The number of carbonyl (C=O) groups excluding carboxylic acids is 2. The first-order valence-corrected chi connectivity index (χ1v) is 9.21. The number of rotatable bonds is 5. The van der Waals surface area contributed by atoms with E-state index in [9.17, 15) is 19.7 Å². The number of nitrogens with zero attached hydrogens (tertiary/aromatic N) is 4. The quantitative estimate of drug-likeness (QED) is 0.494. The molecule has 30 heavy (non-hydrogen) atoms. The monoisotopic (exact) mass is 406 g/mol. The highest BCUT2D eigenvalue weighted by molar-refractivity contribution is 6.01. The molecular weight excluding hydrogens is 388 g/mol. The molecule has 152 valence electrons. The number of amides is 2. The zero-order valence-electron chi connectivity index (χ0n) is 16.2. The summed E-state index contributed by atoms with van der Waals surface area (Å²) in [6.45, 7) is 3.70. The first-order chi connectivity index (χ1) is 14.3. The van der Waals surface area contributed by atoms with E-state index < -0.39 is 16.9 Å². The van der Waals surface area contributed by atoms with Crippen molar-refractivity contribution in [2.24, 2.45) is 0 Å². The van der Waals surface area contributed by atoms with Crippen molar-refractivity contribution in [2.45, 2.75) is 26.3 Å². The molecular formula is C20H18N6O4. The maximum Gasteiger partial charge on any atom is 0.271 e. The number of aryl methyl sites for hydroxylation is 2. The lowest BCUT2D eigenvalue weighted by molar-refractivity contribution is -0.384. The average molecular weight is 406 g/mol. The lowest BCUT2D eigenvalue weighted by Gasteiger charge is -2.11. The fourth-order valence-corrected chi connectivity index (χ4v) is 3.17. The molecule has 0 saturated heterocycles. The smallest absolute Gasteiger partial charge is 0.271 e. The van der Waals surface area contributed by atoms with E-state index in [1.165, 1.54) is 16.8 Å². The largest absolute Gasteiger partial charge is 0.326 e. The number of anilines is 2. The van der Waals surface area contributed by atoms with Gasteiger partial charge in [0.25, 0.3) is 11.6 Å². The molecule has 10 heteroatoms. The summed E-state index contributed by atoms with van der Waals surface area (Å²) >= 11 is 0. The summed E-state index contributed by atoms with van der Waals surface area (Å²) in [5.74, 6) is -0.116. The Balaban J connectivity index is 1.53. The van der Waals surface area contributed by atoms with Gasteiger partial charge in [0, 0.05) is 17.7 Å². The first kappa shape index (κ1) is 19.2. The SMILES string of the molecule is Cc1ccc(-c2nc3n(n2)C(CC(=O)Nc2cc([N+](=O)[O-])ccc2C)C(=O)N3)cc1. The minimum atomic E-state index is -0.856. The van der Waals surface area contributed by atoms with Crippen molar-refractivity contribution in [3.63, 3.8) is 0 Å². The van der Waals surface area contributed by atoms with Crippen LogP contribution in [0.25, 0.3) is 11.4 Å². The molecule has 2 amide bonds. The van der Waals surface area contributed by atoms with E-state index in [1.54, 1.807) is 13.0 Å². The third-order valence-electron chi connectivity index (χ3n) is 4.86. The molecule has 0 bridgehead atoms. The first-order valence-electron chi connectivity index (χ1n) is 9.21. The van der Waals surface area contributed by atoms with Crippen LogP contribution in [-0.2, 0) is 9.59 Å². The Morgan fingerprint density at radius 3 is 2.67 bits per heavy atom. The van der Waals surface area contributed by atoms with Crippen LogP contribution < -0.4 is 10.6 Å². The Morgan fingerprint density at radius 2 is 1.97 bits per heavy atom. The summed E-state index contributed by atoms with van der Waals surface area (Å²) in [7, 11) is 0. The Labute approximate surface area is 171 Å². The Hall–Kier alpha value is -4.08. The van der Waals surface area contributed by atoms with Crippen LogP contribution >= 0.6 is 0 Å². The number of hydrogen-bond acceptors (Lipinski definition) is 6. The van der Waals surface area contributed by atoms with Gasteiger partial charge in [0.15, 0.2) is 5.82 Å². The number of carbonyl (C=O) groups is 2. The molecule has 10 nitrogen and oxygen atoms in total. The number of fused-ring (bicyclic) bond motifs is 1. The number of aromatic nitrogens is 3. The lowest BCUT2D eigenvalue weighted by atomic mass is 10.1.